The van der Waals surface area contributed by atoms with Crippen LogP contribution in [-0.4, -0.2) is 24.6 Å². The highest BCUT2D eigenvalue weighted by Gasteiger charge is 2.20. The monoisotopic (exact) mass is 560 g/mol. The van der Waals surface area contributed by atoms with Crippen LogP contribution in [-0.2, 0) is 17.0 Å². The number of nitrogens with zero attached hydrogens (tertiary/aromatic N) is 1. The largest absolute Gasteiger partial charge is 0.493 e. The first-order chi connectivity index (χ1) is 19.2. The minimum Gasteiger partial charge on any atom is -0.493 e. The summed E-state index contributed by atoms with van der Waals surface area (Å²) in [5, 5.41) is 1.87. The number of aromatic amines is 1. The molecular weight excluding hydrogens is 531 g/mol. The Labute approximate surface area is 232 Å². The number of hydrogen-bond acceptors (Lipinski definition) is 5. The van der Waals surface area contributed by atoms with Crippen molar-refractivity contribution in [1.29, 1.82) is 0 Å². The van der Waals surface area contributed by atoms with Crippen molar-refractivity contribution in [3.05, 3.63) is 70.4 Å². The number of terminal acetylenes is 1. The normalized spacial score (nSPS) is 11.8. The first-order valence-corrected chi connectivity index (χ1v) is 14.5. The number of benzene rings is 3. The topological polar surface area (TPSA) is 90.4 Å². The third kappa shape index (κ3) is 5.27. The van der Waals surface area contributed by atoms with Gasteiger partial charge in [-0.3, -0.25) is 4.79 Å². The number of aryl methyl sites for hydroxylation is 1. The summed E-state index contributed by atoms with van der Waals surface area (Å²) in [6.45, 7) is 5.23. The molecule has 7 nitrogen and oxygen atoms in total. The van der Waals surface area contributed by atoms with Crippen molar-refractivity contribution in [2.24, 2.45) is 0 Å². The van der Waals surface area contributed by atoms with Crippen LogP contribution in [0.3, 0.4) is 0 Å². The van der Waals surface area contributed by atoms with Crippen molar-refractivity contribution in [1.82, 2.24) is 9.55 Å². The summed E-state index contributed by atoms with van der Waals surface area (Å²) in [6.07, 6.45) is 9.16. The van der Waals surface area contributed by atoms with E-state index < -0.39 is 10.5 Å². The van der Waals surface area contributed by atoms with Gasteiger partial charge in [0.25, 0.3) is 0 Å². The maximum Gasteiger partial charge on any atom is 0.488 e. The van der Waals surface area contributed by atoms with Crippen LogP contribution < -0.4 is 14.3 Å². The maximum absolute atomic E-state index is 14.0. The van der Waals surface area contributed by atoms with Crippen molar-refractivity contribution in [2.45, 2.75) is 46.1 Å². The van der Waals surface area contributed by atoms with Gasteiger partial charge in [-0.1, -0.05) is 54.7 Å². The smallest absolute Gasteiger partial charge is 0.488 e. The van der Waals surface area contributed by atoms with E-state index in [9.17, 15) is 17.1 Å². The van der Waals surface area contributed by atoms with E-state index in [0.717, 1.165) is 36.6 Å². The van der Waals surface area contributed by atoms with Crippen LogP contribution in [0.25, 0.3) is 44.0 Å². The summed E-state index contributed by atoms with van der Waals surface area (Å²) in [7, 11) is -5.20. The van der Waals surface area contributed by atoms with Crippen molar-refractivity contribution in [3.63, 3.8) is 0 Å². The van der Waals surface area contributed by atoms with Gasteiger partial charge in [-0.2, -0.15) is 8.42 Å². The second-order valence-electron chi connectivity index (χ2n) is 9.66. The predicted octanol–water partition coefficient (Wildman–Crippen LogP) is 6.86. The average molecular weight is 561 g/mol. The standard InChI is InChI=1S/C31H29FN2O5S/c1-4-7-14-34-27-18-24(21-10-9-11-22(17-21)39-40(32,36)37)28(38-15-8-5-2)19-25(27)30(35)29-23-13-12-20(6-3)16-26(23)33-31(29)34/h3,9-13,16-19,33H,4-5,7-8,14-15H2,1-2H3. The Kier molecular flexibility index (Phi) is 7.55. The van der Waals surface area contributed by atoms with Gasteiger partial charge in [-0.25, -0.2) is 0 Å². The number of ether oxygens (including phenoxy) is 1. The zero-order valence-corrected chi connectivity index (χ0v) is 23.1. The fourth-order valence-electron chi connectivity index (χ4n) is 4.98. The van der Waals surface area contributed by atoms with Gasteiger partial charge >= 0.3 is 10.5 Å². The average Bonchev–Trinajstić information content (AvgIpc) is 3.31. The molecule has 3 aromatic carbocycles. The van der Waals surface area contributed by atoms with E-state index in [1.807, 2.05) is 24.3 Å². The van der Waals surface area contributed by atoms with Crippen LogP contribution in [0.5, 0.6) is 11.5 Å². The van der Waals surface area contributed by atoms with Gasteiger partial charge in [0, 0.05) is 28.6 Å². The molecule has 0 spiro atoms. The number of aromatic nitrogens is 2. The molecular formula is C31H29FN2O5S. The summed E-state index contributed by atoms with van der Waals surface area (Å²) >= 11 is 0. The van der Waals surface area contributed by atoms with Crippen LogP contribution in [0.4, 0.5) is 3.89 Å². The van der Waals surface area contributed by atoms with E-state index in [4.69, 9.17) is 11.2 Å². The van der Waals surface area contributed by atoms with Gasteiger partial charge in [-0.15, -0.1) is 6.42 Å². The SMILES string of the molecule is C#Cc1ccc2c(c1)[nH]c1c2c(=O)c2cc(OCCCC)c(-c3cccc(OS(=O)(=O)F)c3)cc2n1CCCC. The molecule has 2 heterocycles. The molecule has 0 bridgehead atoms. The van der Waals surface area contributed by atoms with Gasteiger partial charge in [0.2, 0.25) is 0 Å². The molecule has 206 valence electrons. The fourth-order valence-corrected chi connectivity index (χ4v) is 5.32. The molecule has 0 aliphatic carbocycles. The number of unbranched alkanes of at least 4 members (excludes halogenated alkanes) is 2. The third-order valence-corrected chi connectivity index (χ3v) is 7.30. The summed E-state index contributed by atoms with van der Waals surface area (Å²) in [4.78, 5) is 17.4. The number of rotatable bonds is 10. The van der Waals surface area contributed by atoms with Gasteiger partial charge in [-0.05, 0) is 54.8 Å². The Morgan fingerprint density at radius 2 is 1.82 bits per heavy atom. The van der Waals surface area contributed by atoms with E-state index in [0.29, 0.717) is 57.5 Å². The first-order valence-electron chi connectivity index (χ1n) is 13.2. The molecule has 0 fully saturated rings. The molecule has 0 atom stereocenters. The molecule has 5 rings (SSSR count). The van der Waals surface area contributed by atoms with Gasteiger partial charge < -0.3 is 18.5 Å². The lowest BCUT2D eigenvalue weighted by Gasteiger charge is -2.18. The van der Waals surface area contributed by atoms with E-state index >= 15 is 0 Å². The molecule has 0 radical (unpaired) electrons. The second kappa shape index (κ2) is 11.1. The minimum atomic E-state index is -5.20. The minimum absolute atomic E-state index is 0.134. The first kappa shape index (κ1) is 27.3. The van der Waals surface area contributed by atoms with Crippen molar-refractivity contribution in [3.8, 4) is 35.0 Å². The van der Waals surface area contributed by atoms with Crippen molar-refractivity contribution in [2.75, 3.05) is 6.61 Å². The quantitative estimate of drug-likeness (QED) is 0.115. The summed E-state index contributed by atoms with van der Waals surface area (Å²) in [6, 6.07) is 15.3. The lowest BCUT2D eigenvalue weighted by molar-refractivity contribution is 0.311. The number of H-pyrrole nitrogens is 1. The van der Waals surface area contributed by atoms with Crippen molar-refractivity contribution >= 4 is 43.3 Å². The van der Waals surface area contributed by atoms with E-state index in [1.54, 1.807) is 18.2 Å². The Hall–Kier alpha value is -4.29. The zero-order chi connectivity index (χ0) is 28.4. The molecule has 0 amide bonds. The Balaban J connectivity index is 1.83. The second-order valence-corrected chi connectivity index (χ2v) is 10.6. The lowest BCUT2D eigenvalue weighted by Crippen LogP contribution is -2.12. The molecule has 0 unspecified atom stereocenters. The number of fused-ring (bicyclic) bond motifs is 4. The molecule has 9 heteroatoms. The molecule has 0 saturated heterocycles. The number of hydrogen-bond donors (Lipinski definition) is 1. The van der Waals surface area contributed by atoms with Crippen LogP contribution in [0.1, 0.15) is 45.1 Å². The Morgan fingerprint density at radius 1 is 1.02 bits per heavy atom. The zero-order valence-electron chi connectivity index (χ0n) is 22.3. The fraction of sp³-hybridized carbons (Fsp3) is 0.258. The highest BCUT2D eigenvalue weighted by atomic mass is 32.3. The molecule has 40 heavy (non-hydrogen) atoms. The molecule has 1 N–H and O–H groups in total. The van der Waals surface area contributed by atoms with E-state index in [2.05, 4.69) is 33.5 Å². The molecule has 0 aliphatic rings. The highest BCUT2D eigenvalue weighted by molar-refractivity contribution is 7.81. The summed E-state index contributed by atoms with van der Waals surface area (Å²) in [5.41, 5.74) is 3.92. The van der Waals surface area contributed by atoms with E-state index in [1.165, 1.54) is 12.1 Å². The predicted molar refractivity (Wildman–Crippen MR) is 157 cm³/mol. The number of pyridine rings is 1. The van der Waals surface area contributed by atoms with Crippen molar-refractivity contribution < 1.29 is 21.2 Å². The Morgan fingerprint density at radius 3 is 2.55 bits per heavy atom. The van der Waals surface area contributed by atoms with Crippen LogP contribution in [0.15, 0.2) is 59.4 Å². The molecule has 2 aromatic heterocycles. The number of halogens is 1. The molecule has 0 aliphatic heterocycles. The third-order valence-electron chi connectivity index (χ3n) is 6.91. The van der Waals surface area contributed by atoms with Gasteiger partial charge in [0.05, 0.1) is 22.9 Å². The van der Waals surface area contributed by atoms with Crippen LogP contribution >= 0.6 is 0 Å². The van der Waals surface area contributed by atoms with Gasteiger partial charge in [0.1, 0.15) is 17.1 Å². The Bertz CT molecular complexity index is 1950. The van der Waals surface area contributed by atoms with E-state index in [-0.39, 0.29) is 11.2 Å². The molecule has 0 saturated carbocycles. The highest BCUT2D eigenvalue weighted by Crippen LogP contribution is 2.37. The van der Waals surface area contributed by atoms with Gasteiger partial charge in [0.15, 0.2) is 5.43 Å². The lowest BCUT2D eigenvalue weighted by atomic mass is 10.0. The number of nitrogens with one attached hydrogen (secondary N) is 1. The van der Waals surface area contributed by atoms with Crippen LogP contribution in [0.2, 0.25) is 0 Å². The summed E-state index contributed by atoms with van der Waals surface area (Å²) in [5.74, 6) is 2.94. The maximum atomic E-state index is 14.0. The van der Waals surface area contributed by atoms with Crippen LogP contribution in [0, 0.1) is 12.3 Å². The summed E-state index contributed by atoms with van der Waals surface area (Å²) < 4.78 is 48.3. The molecule has 5 aromatic rings.